The monoisotopic (exact) mass is 399 g/mol. The van der Waals surface area contributed by atoms with E-state index in [1.54, 1.807) is 7.05 Å². The molecule has 4 aliphatic rings. The predicted octanol–water partition coefficient (Wildman–Crippen LogP) is 6.38. The van der Waals surface area contributed by atoms with E-state index in [1.807, 2.05) is 0 Å². The van der Waals surface area contributed by atoms with Crippen LogP contribution >= 0.6 is 0 Å². The molecule has 0 aliphatic heterocycles. The van der Waals surface area contributed by atoms with E-state index in [-0.39, 0.29) is 0 Å². The highest BCUT2D eigenvalue weighted by atomic mass is 16.5. The van der Waals surface area contributed by atoms with E-state index in [4.69, 9.17) is 4.74 Å². The number of nitrogens with one attached hydrogen (secondary N) is 1. The lowest BCUT2D eigenvalue weighted by molar-refractivity contribution is -0.114. The Morgan fingerprint density at radius 1 is 1.03 bits per heavy atom. The first-order valence-electron chi connectivity index (χ1n) is 12.3. The van der Waals surface area contributed by atoms with Crippen LogP contribution in [-0.2, 0) is 4.74 Å². The first-order chi connectivity index (χ1) is 13.9. The van der Waals surface area contributed by atoms with E-state index in [2.05, 4.69) is 38.1 Å². The Bertz CT molecular complexity index is 678. The summed E-state index contributed by atoms with van der Waals surface area (Å²) in [5.74, 6) is 8.32. The lowest BCUT2D eigenvalue weighted by Gasteiger charge is -2.60. The van der Waals surface area contributed by atoms with E-state index >= 15 is 0 Å². The second-order valence-corrected chi connectivity index (χ2v) is 11.2. The fourth-order valence-corrected chi connectivity index (χ4v) is 8.75. The molecule has 0 aromatic carbocycles. The summed E-state index contributed by atoms with van der Waals surface area (Å²) < 4.78 is 4.86. The van der Waals surface area contributed by atoms with Gasteiger partial charge >= 0.3 is 6.09 Å². The highest BCUT2D eigenvalue weighted by Gasteiger charge is 2.60. The van der Waals surface area contributed by atoms with E-state index in [1.165, 1.54) is 64.2 Å². The van der Waals surface area contributed by atoms with Gasteiger partial charge in [0.05, 0.1) is 0 Å². The van der Waals surface area contributed by atoms with Crippen LogP contribution in [0.2, 0.25) is 0 Å². The molecule has 29 heavy (non-hydrogen) atoms. The van der Waals surface area contributed by atoms with E-state index in [9.17, 15) is 4.79 Å². The molecule has 4 aliphatic carbocycles. The molecule has 0 spiro atoms. The van der Waals surface area contributed by atoms with Crippen LogP contribution in [0.5, 0.6) is 0 Å². The average molecular weight is 400 g/mol. The number of fused-ring (bicyclic) bond motifs is 5. The second-order valence-electron chi connectivity index (χ2n) is 11.2. The van der Waals surface area contributed by atoms with Crippen molar-refractivity contribution in [1.82, 2.24) is 5.32 Å². The molecule has 0 aromatic rings. The molecule has 0 aromatic heterocycles. The molecule has 0 radical (unpaired) electrons. The van der Waals surface area contributed by atoms with Crippen molar-refractivity contribution in [3.63, 3.8) is 0 Å². The van der Waals surface area contributed by atoms with Gasteiger partial charge in [-0.3, -0.25) is 0 Å². The minimum absolute atomic E-state index is 0.469. The van der Waals surface area contributed by atoms with Crippen molar-refractivity contribution in [1.29, 1.82) is 0 Å². The average Bonchev–Trinajstić information content (AvgIpc) is 3.07. The molecule has 4 saturated carbocycles. The molecule has 1 N–H and O–H groups in total. The summed E-state index contributed by atoms with van der Waals surface area (Å²) in [5.41, 5.74) is 1.12. The maximum atomic E-state index is 11.2. The van der Waals surface area contributed by atoms with Gasteiger partial charge < -0.3 is 10.1 Å². The predicted molar refractivity (Wildman–Crippen MR) is 117 cm³/mol. The molecule has 4 rings (SSSR count). The maximum absolute atomic E-state index is 11.2. The minimum atomic E-state index is -0.469. The third-order valence-electron chi connectivity index (χ3n) is 10.2. The first kappa shape index (κ1) is 21.1. The normalized spacial score (nSPS) is 44.3. The number of hydrogen-bond acceptors (Lipinski definition) is 2. The zero-order valence-corrected chi connectivity index (χ0v) is 19.1. The van der Waals surface area contributed by atoms with Crippen LogP contribution in [0.4, 0.5) is 4.79 Å². The molecule has 8 atom stereocenters. The molecule has 1 unspecified atom stereocenters. The number of carbonyl (C=O) groups is 1. The summed E-state index contributed by atoms with van der Waals surface area (Å²) in [7, 11) is 1.56. The molecule has 0 heterocycles. The third kappa shape index (κ3) is 3.60. The first-order valence-corrected chi connectivity index (χ1v) is 12.3. The van der Waals surface area contributed by atoms with Gasteiger partial charge in [0.1, 0.15) is 6.11 Å². The van der Waals surface area contributed by atoms with Crippen LogP contribution in [-0.4, -0.2) is 13.1 Å². The number of alkyl carbamates (subject to hydrolysis) is 1. The standard InChI is InChI=1S/C26H41NO2/c1-18(8-7-17-29-24(28)27-4)21-12-13-22-20-11-10-19-9-5-6-15-25(19,2)23(20)14-16-26(21,22)3/h18-23H,5-6,8-16H2,1-4H3,(H,27,28)/t18-,19?,20+,21-,22+,23+,25+,26-/m1/s1. The van der Waals surface area contributed by atoms with Gasteiger partial charge in [0, 0.05) is 13.5 Å². The van der Waals surface area contributed by atoms with Gasteiger partial charge in [0.2, 0.25) is 0 Å². The van der Waals surface area contributed by atoms with Gasteiger partial charge in [-0.05, 0) is 97.7 Å². The Kier molecular flexibility index (Phi) is 5.93. The van der Waals surface area contributed by atoms with Crippen molar-refractivity contribution >= 4 is 6.09 Å². The molecule has 162 valence electrons. The second kappa shape index (κ2) is 8.16. The fourth-order valence-electron chi connectivity index (χ4n) is 8.75. The van der Waals surface area contributed by atoms with Crippen LogP contribution in [0.3, 0.4) is 0 Å². The molecule has 0 saturated heterocycles. The van der Waals surface area contributed by atoms with E-state index in [0.29, 0.717) is 16.7 Å². The molecular weight excluding hydrogens is 358 g/mol. The van der Waals surface area contributed by atoms with Crippen molar-refractivity contribution < 1.29 is 9.53 Å². The number of rotatable bonds is 2. The zero-order valence-electron chi connectivity index (χ0n) is 19.1. The minimum Gasteiger partial charge on any atom is -0.356 e. The quantitative estimate of drug-likeness (QED) is 0.547. The molecule has 0 bridgehead atoms. The SMILES string of the molecule is CNC(=O)OC#CC[C@@H](C)[C@H]1CC[C@H]2[C@@H]3CCC4CCCC[C@]4(C)[C@H]3CC[C@]12C. The largest absolute Gasteiger partial charge is 0.420 e. The smallest absolute Gasteiger partial charge is 0.356 e. The van der Waals surface area contributed by atoms with E-state index in [0.717, 1.165) is 36.0 Å². The molecular formula is C26H41NO2. The van der Waals surface area contributed by atoms with Crippen molar-refractivity contribution in [2.45, 2.75) is 91.4 Å². The van der Waals surface area contributed by atoms with Gasteiger partial charge in [0.25, 0.3) is 0 Å². The van der Waals surface area contributed by atoms with Crippen molar-refractivity contribution in [2.75, 3.05) is 7.05 Å². The van der Waals surface area contributed by atoms with Gasteiger partial charge in [-0.15, -0.1) is 0 Å². The third-order valence-corrected chi connectivity index (χ3v) is 10.2. The van der Waals surface area contributed by atoms with Crippen LogP contribution < -0.4 is 5.32 Å². The molecule has 3 nitrogen and oxygen atoms in total. The fraction of sp³-hybridized carbons (Fsp3) is 0.885. The lowest BCUT2D eigenvalue weighted by atomic mass is 9.44. The highest BCUT2D eigenvalue weighted by Crippen LogP contribution is 2.68. The Balaban J connectivity index is 1.44. The van der Waals surface area contributed by atoms with Crippen LogP contribution in [0.25, 0.3) is 0 Å². The Morgan fingerprint density at radius 2 is 1.83 bits per heavy atom. The summed E-state index contributed by atoms with van der Waals surface area (Å²) in [6.07, 6.45) is 17.5. The van der Waals surface area contributed by atoms with Gasteiger partial charge in [-0.2, -0.15) is 0 Å². The maximum Gasteiger partial charge on any atom is 0.420 e. The summed E-state index contributed by atoms with van der Waals surface area (Å²) in [6.45, 7) is 7.66. The van der Waals surface area contributed by atoms with Crippen LogP contribution in [0, 0.1) is 58.4 Å². The molecule has 4 fully saturated rings. The summed E-state index contributed by atoms with van der Waals surface area (Å²) in [4.78, 5) is 11.2. The van der Waals surface area contributed by atoms with Crippen LogP contribution in [0.1, 0.15) is 91.4 Å². The number of hydrogen-bond donors (Lipinski definition) is 1. The summed E-state index contributed by atoms with van der Waals surface area (Å²) in [5, 5.41) is 2.44. The number of ether oxygens (including phenoxy) is 1. The highest BCUT2D eigenvalue weighted by molar-refractivity contribution is 5.67. The Morgan fingerprint density at radius 3 is 2.62 bits per heavy atom. The van der Waals surface area contributed by atoms with Crippen molar-refractivity contribution in [2.24, 2.45) is 46.3 Å². The molecule has 1 amide bonds. The topological polar surface area (TPSA) is 38.3 Å². The van der Waals surface area contributed by atoms with Crippen molar-refractivity contribution in [3.05, 3.63) is 0 Å². The number of carbonyl (C=O) groups excluding carboxylic acids is 1. The van der Waals surface area contributed by atoms with Gasteiger partial charge in [-0.1, -0.05) is 39.5 Å². The van der Waals surface area contributed by atoms with Crippen LogP contribution in [0.15, 0.2) is 0 Å². The summed E-state index contributed by atoms with van der Waals surface area (Å²) >= 11 is 0. The Hall–Kier alpha value is -1.17. The van der Waals surface area contributed by atoms with Crippen molar-refractivity contribution in [3.8, 4) is 12.0 Å². The van der Waals surface area contributed by atoms with E-state index < -0.39 is 6.09 Å². The summed E-state index contributed by atoms with van der Waals surface area (Å²) in [6, 6.07) is 0. The lowest BCUT2D eigenvalue weighted by Crippen LogP contribution is -2.53. The van der Waals surface area contributed by atoms with Gasteiger partial charge in [-0.25, -0.2) is 4.79 Å². The number of amides is 1. The zero-order chi connectivity index (χ0) is 20.6. The Labute approximate surface area is 178 Å². The molecule has 3 heteroatoms. The van der Waals surface area contributed by atoms with Gasteiger partial charge in [0.15, 0.2) is 0 Å².